The molecule has 0 heterocycles. The average molecular weight is 233 g/mol. The minimum atomic E-state index is 0.685. The Bertz CT molecular complexity index is 357. The van der Waals surface area contributed by atoms with Crippen molar-refractivity contribution >= 4 is 5.69 Å². The Balaban J connectivity index is 2.12. The zero-order valence-corrected chi connectivity index (χ0v) is 10.2. The van der Waals surface area contributed by atoms with E-state index in [9.17, 15) is 0 Å². The Morgan fingerprint density at radius 2 is 2.18 bits per heavy atom. The number of hydrogen-bond acceptors (Lipinski definition) is 3. The molecule has 1 rings (SSSR count). The minimum Gasteiger partial charge on any atom is -0.385 e. The van der Waals surface area contributed by atoms with Crippen LogP contribution in [0.25, 0.3) is 0 Å². The third-order valence-electron chi connectivity index (χ3n) is 2.24. The monoisotopic (exact) mass is 233 g/mol. The molecule has 0 bridgehead atoms. The van der Waals surface area contributed by atoms with Crippen molar-refractivity contribution in [3.8, 4) is 12.3 Å². The standard InChI is InChI=1S/C14H19NO2/c1-3-13-6-4-7-14(12-13)15-8-11-17-10-5-9-16-2/h1,4,6-7,12,15H,5,8-11H2,2H3. The molecule has 0 atom stereocenters. The third-order valence-corrected chi connectivity index (χ3v) is 2.24. The van der Waals surface area contributed by atoms with Crippen LogP contribution in [0, 0.1) is 12.3 Å². The van der Waals surface area contributed by atoms with Gasteiger partial charge in [0, 0.05) is 38.1 Å². The van der Waals surface area contributed by atoms with Gasteiger partial charge in [-0.1, -0.05) is 12.0 Å². The lowest BCUT2D eigenvalue weighted by molar-refractivity contribution is 0.109. The number of hydrogen-bond donors (Lipinski definition) is 1. The normalized spacial score (nSPS) is 9.88. The molecule has 0 aliphatic heterocycles. The molecular weight excluding hydrogens is 214 g/mol. The first-order chi connectivity index (χ1) is 8.36. The van der Waals surface area contributed by atoms with E-state index in [-0.39, 0.29) is 0 Å². The second-order valence-electron chi connectivity index (χ2n) is 3.61. The summed E-state index contributed by atoms with van der Waals surface area (Å²) in [7, 11) is 1.69. The first kappa shape index (κ1) is 13.6. The molecule has 1 aromatic carbocycles. The Hall–Kier alpha value is -1.50. The molecule has 0 spiro atoms. The van der Waals surface area contributed by atoms with E-state index in [2.05, 4.69) is 11.2 Å². The first-order valence-corrected chi connectivity index (χ1v) is 5.74. The van der Waals surface area contributed by atoms with Gasteiger partial charge in [0.25, 0.3) is 0 Å². The quantitative estimate of drug-likeness (QED) is 0.551. The van der Waals surface area contributed by atoms with Gasteiger partial charge in [0.2, 0.25) is 0 Å². The summed E-state index contributed by atoms with van der Waals surface area (Å²) in [6, 6.07) is 7.79. The molecular formula is C14H19NO2. The van der Waals surface area contributed by atoms with Gasteiger partial charge in [-0.15, -0.1) is 6.42 Å². The lowest BCUT2D eigenvalue weighted by Gasteiger charge is -2.07. The van der Waals surface area contributed by atoms with E-state index in [0.29, 0.717) is 6.61 Å². The van der Waals surface area contributed by atoms with Crippen molar-refractivity contribution in [1.82, 2.24) is 0 Å². The van der Waals surface area contributed by atoms with Crippen molar-refractivity contribution < 1.29 is 9.47 Å². The second-order valence-corrected chi connectivity index (χ2v) is 3.61. The van der Waals surface area contributed by atoms with E-state index < -0.39 is 0 Å². The molecule has 0 aromatic heterocycles. The fourth-order valence-electron chi connectivity index (χ4n) is 1.39. The molecule has 92 valence electrons. The van der Waals surface area contributed by atoms with Gasteiger partial charge in [-0.05, 0) is 24.6 Å². The molecule has 1 aromatic rings. The number of ether oxygens (including phenoxy) is 2. The molecule has 17 heavy (non-hydrogen) atoms. The topological polar surface area (TPSA) is 30.5 Å². The van der Waals surface area contributed by atoms with Crippen molar-refractivity contribution in [3.05, 3.63) is 29.8 Å². The van der Waals surface area contributed by atoms with Gasteiger partial charge < -0.3 is 14.8 Å². The number of anilines is 1. The van der Waals surface area contributed by atoms with Gasteiger partial charge in [-0.2, -0.15) is 0 Å². The number of nitrogens with one attached hydrogen (secondary N) is 1. The number of rotatable bonds is 8. The molecule has 0 amide bonds. The van der Waals surface area contributed by atoms with Crippen LogP contribution in [0.5, 0.6) is 0 Å². The van der Waals surface area contributed by atoms with E-state index in [1.54, 1.807) is 7.11 Å². The van der Waals surface area contributed by atoms with E-state index in [0.717, 1.165) is 37.4 Å². The average Bonchev–Trinajstić information content (AvgIpc) is 2.38. The summed E-state index contributed by atoms with van der Waals surface area (Å²) in [6.07, 6.45) is 6.26. The maximum atomic E-state index is 5.43. The summed E-state index contributed by atoms with van der Waals surface area (Å²) in [5, 5.41) is 3.26. The lowest BCUT2D eigenvalue weighted by Crippen LogP contribution is -2.10. The largest absolute Gasteiger partial charge is 0.385 e. The molecule has 0 saturated carbocycles. The fraction of sp³-hybridized carbons (Fsp3) is 0.429. The molecule has 1 N–H and O–H groups in total. The van der Waals surface area contributed by atoms with Crippen LogP contribution in [0.15, 0.2) is 24.3 Å². The van der Waals surface area contributed by atoms with E-state index in [4.69, 9.17) is 15.9 Å². The highest BCUT2D eigenvalue weighted by molar-refractivity contribution is 5.49. The van der Waals surface area contributed by atoms with Gasteiger partial charge in [0.15, 0.2) is 0 Å². The zero-order valence-electron chi connectivity index (χ0n) is 10.2. The lowest BCUT2D eigenvalue weighted by atomic mass is 10.2. The van der Waals surface area contributed by atoms with Crippen LogP contribution in [0.3, 0.4) is 0 Å². The van der Waals surface area contributed by atoms with Gasteiger partial charge >= 0.3 is 0 Å². The van der Waals surface area contributed by atoms with Crippen LogP contribution in [0.1, 0.15) is 12.0 Å². The Morgan fingerprint density at radius 3 is 2.94 bits per heavy atom. The van der Waals surface area contributed by atoms with Crippen molar-refractivity contribution in [1.29, 1.82) is 0 Å². The number of methoxy groups -OCH3 is 1. The molecule has 0 aliphatic rings. The SMILES string of the molecule is C#Cc1cccc(NCCOCCCOC)c1. The summed E-state index contributed by atoms with van der Waals surface area (Å²) in [5.74, 6) is 2.61. The predicted octanol–water partition coefficient (Wildman–Crippen LogP) is 2.13. The number of benzene rings is 1. The summed E-state index contributed by atoms with van der Waals surface area (Å²) < 4.78 is 10.4. The molecule has 0 aliphatic carbocycles. The van der Waals surface area contributed by atoms with E-state index in [1.165, 1.54) is 0 Å². The van der Waals surface area contributed by atoms with Gasteiger partial charge in [0.05, 0.1) is 6.61 Å². The van der Waals surface area contributed by atoms with Crippen molar-refractivity contribution in [2.75, 3.05) is 38.8 Å². The van der Waals surface area contributed by atoms with Gasteiger partial charge in [-0.3, -0.25) is 0 Å². The number of terminal acetylenes is 1. The van der Waals surface area contributed by atoms with Crippen molar-refractivity contribution in [2.24, 2.45) is 0 Å². The summed E-state index contributed by atoms with van der Waals surface area (Å²) in [6.45, 7) is 2.95. The molecule has 0 fully saturated rings. The highest BCUT2D eigenvalue weighted by Crippen LogP contribution is 2.08. The Labute approximate surface area is 103 Å². The predicted molar refractivity (Wildman–Crippen MR) is 70.2 cm³/mol. The Kier molecular flexibility index (Phi) is 6.89. The maximum absolute atomic E-state index is 5.43. The van der Waals surface area contributed by atoms with Crippen LogP contribution in [-0.2, 0) is 9.47 Å². The molecule has 0 radical (unpaired) electrons. The smallest absolute Gasteiger partial charge is 0.0639 e. The van der Waals surface area contributed by atoms with E-state index in [1.807, 2.05) is 24.3 Å². The Morgan fingerprint density at radius 1 is 1.29 bits per heavy atom. The highest BCUT2D eigenvalue weighted by Gasteiger charge is 1.93. The maximum Gasteiger partial charge on any atom is 0.0639 e. The molecule has 3 nitrogen and oxygen atoms in total. The summed E-state index contributed by atoms with van der Waals surface area (Å²) in [5.41, 5.74) is 1.91. The highest BCUT2D eigenvalue weighted by atomic mass is 16.5. The van der Waals surface area contributed by atoms with Gasteiger partial charge in [-0.25, -0.2) is 0 Å². The van der Waals surface area contributed by atoms with Crippen LogP contribution < -0.4 is 5.32 Å². The van der Waals surface area contributed by atoms with Crippen LogP contribution in [0.4, 0.5) is 5.69 Å². The van der Waals surface area contributed by atoms with Crippen LogP contribution in [-0.4, -0.2) is 33.5 Å². The second kappa shape index (κ2) is 8.63. The molecule has 0 unspecified atom stereocenters. The zero-order chi connectivity index (χ0) is 12.3. The molecule has 3 heteroatoms. The van der Waals surface area contributed by atoms with Crippen molar-refractivity contribution in [2.45, 2.75) is 6.42 Å². The van der Waals surface area contributed by atoms with E-state index >= 15 is 0 Å². The fourth-order valence-corrected chi connectivity index (χ4v) is 1.39. The minimum absolute atomic E-state index is 0.685. The van der Waals surface area contributed by atoms with Crippen LogP contribution in [0.2, 0.25) is 0 Å². The first-order valence-electron chi connectivity index (χ1n) is 5.74. The van der Waals surface area contributed by atoms with Crippen LogP contribution >= 0.6 is 0 Å². The summed E-state index contributed by atoms with van der Waals surface area (Å²) >= 11 is 0. The molecule has 0 saturated heterocycles. The van der Waals surface area contributed by atoms with Crippen molar-refractivity contribution in [3.63, 3.8) is 0 Å². The summed E-state index contributed by atoms with van der Waals surface area (Å²) in [4.78, 5) is 0. The third kappa shape index (κ3) is 5.96. The van der Waals surface area contributed by atoms with Gasteiger partial charge in [0.1, 0.15) is 0 Å².